The number of nitrogens with one attached hydrogen (secondary N) is 1. The van der Waals surface area contributed by atoms with Crippen LogP contribution in [-0.4, -0.2) is 45.3 Å². The van der Waals surface area contributed by atoms with Gasteiger partial charge in [-0.2, -0.15) is 5.10 Å². The first-order valence-corrected chi connectivity index (χ1v) is 5.04. The summed E-state index contributed by atoms with van der Waals surface area (Å²) in [6, 6.07) is 0.581. The van der Waals surface area contributed by atoms with Crippen molar-refractivity contribution in [1.29, 1.82) is 0 Å². The van der Waals surface area contributed by atoms with Gasteiger partial charge in [-0.3, -0.25) is 9.58 Å². The Balaban J connectivity index is 1.94. The molecule has 1 aliphatic heterocycles. The highest BCUT2D eigenvalue weighted by molar-refractivity contribution is 4.86. The first kappa shape index (κ1) is 9.61. The zero-order valence-electron chi connectivity index (χ0n) is 8.77. The van der Waals surface area contributed by atoms with Crippen LogP contribution in [0.5, 0.6) is 0 Å². The fourth-order valence-electron chi connectivity index (χ4n) is 1.82. The van der Waals surface area contributed by atoms with E-state index in [1.54, 1.807) is 6.33 Å². The third-order valence-electron chi connectivity index (χ3n) is 2.62. The van der Waals surface area contributed by atoms with E-state index in [0.717, 1.165) is 32.0 Å². The molecule has 1 fully saturated rings. The van der Waals surface area contributed by atoms with Crippen molar-refractivity contribution in [3.63, 3.8) is 0 Å². The van der Waals surface area contributed by atoms with Crippen LogP contribution >= 0.6 is 0 Å². The predicted molar refractivity (Wildman–Crippen MR) is 53.7 cm³/mol. The molecule has 0 aromatic carbocycles. The molecule has 1 atom stereocenters. The maximum absolute atomic E-state index is 4.22. The maximum Gasteiger partial charge on any atom is 0.140 e. The van der Waals surface area contributed by atoms with Gasteiger partial charge in [0.15, 0.2) is 0 Å². The molecule has 0 saturated carbocycles. The van der Waals surface area contributed by atoms with Crippen LogP contribution in [0.4, 0.5) is 0 Å². The number of nitrogens with zero attached hydrogens (tertiary/aromatic N) is 4. The van der Waals surface area contributed by atoms with Gasteiger partial charge in [0.2, 0.25) is 0 Å². The average Bonchev–Trinajstić information content (AvgIpc) is 2.52. The lowest BCUT2D eigenvalue weighted by Gasteiger charge is -2.31. The molecule has 5 heteroatoms. The second-order valence-electron chi connectivity index (χ2n) is 3.89. The van der Waals surface area contributed by atoms with Crippen molar-refractivity contribution in [2.24, 2.45) is 7.05 Å². The minimum atomic E-state index is 0.581. The van der Waals surface area contributed by atoms with Crippen LogP contribution in [-0.2, 0) is 13.6 Å². The molecule has 0 unspecified atom stereocenters. The summed E-state index contributed by atoms with van der Waals surface area (Å²) in [4.78, 5) is 6.63. The lowest BCUT2D eigenvalue weighted by Crippen LogP contribution is -2.48. The lowest BCUT2D eigenvalue weighted by molar-refractivity contribution is 0.193. The van der Waals surface area contributed by atoms with Crippen LogP contribution in [0.3, 0.4) is 0 Å². The Labute approximate surface area is 84.1 Å². The molecule has 1 N–H and O–H groups in total. The van der Waals surface area contributed by atoms with Crippen LogP contribution in [0.2, 0.25) is 0 Å². The summed E-state index contributed by atoms with van der Waals surface area (Å²) >= 11 is 0. The molecule has 1 aromatic heterocycles. The van der Waals surface area contributed by atoms with Gasteiger partial charge in [0.05, 0.1) is 6.54 Å². The van der Waals surface area contributed by atoms with E-state index in [-0.39, 0.29) is 0 Å². The second kappa shape index (κ2) is 4.06. The third-order valence-corrected chi connectivity index (χ3v) is 2.62. The number of piperazine rings is 1. The molecular weight excluding hydrogens is 178 g/mol. The summed E-state index contributed by atoms with van der Waals surface area (Å²) in [5, 5.41) is 7.49. The average molecular weight is 195 g/mol. The van der Waals surface area contributed by atoms with Gasteiger partial charge in [-0.25, -0.2) is 4.98 Å². The maximum atomic E-state index is 4.22. The monoisotopic (exact) mass is 195 g/mol. The van der Waals surface area contributed by atoms with Gasteiger partial charge >= 0.3 is 0 Å². The topological polar surface area (TPSA) is 46.0 Å². The lowest BCUT2D eigenvalue weighted by atomic mass is 10.2. The third kappa shape index (κ3) is 2.10. The summed E-state index contributed by atoms with van der Waals surface area (Å²) in [5.41, 5.74) is 0. The van der Waals surface area contributed by atoms with Crippen LogP contribution in [0.1, 0.15) is 12.7 Å². The number of rotatable bonds is 2. The fraction of sp³-hybridized carbons (Fsp3) is 0.778. The van der Waals surface area contributed by atoms with E-state index in [1.807, 2.05) is 11.7 Å². The molecule has 0 radical (unpaired) electrons. The summed E-state index contributed by atoms with van der Waals surface area (Å²) in [7, 11) is 1.94. The zero-order chi connectivity index (χ0) is 9.97. The van der Waals surface area contributed by atoms with Gasteiger partial charge in [-0.15, -0.1) is 0 Å². The first-order valence-electron chi connectivity index (χ1n) is 5.04. The van der Waals surface area contributed by atoms with Crippen molar-refractivity contribution >= 4 is 0 Å². The van der Waals surface area contributed by atoms with Crippen LogP contribution in [0.15, 0.2) is 6.33 Å². The standard InChI is InChI=1S/C9H17N5/c1-8-5-14(4-3-10-8)6-9-11-7-12-13(9)2/h7-8,10H,3-6H2,1-2H3/t8-/m1/s1. The van der Waals surface area contributed by atoms with Crippen molar-refractivity contribution in [2.75, 3.05) is 19.6 Å². The highest BCUT2D eigenvalue weighted by Crippen LogP contribution is 2.03. The van der Waals surface area contributed by atoms with E-state index in [1.165, 1.54) is 0 Å². The SMILES string of the molecule is C[C@@H]1CN(Cc2ncnn2C)CCN1. The number of hydrogen-bond donors (Lipinski definition) is 1. The summed E-state index contributed by atoms with van der Waals surface area (Å²) in [6.45, 7) is 6.37. The molecule has 78 valence electrons. The van der Waals surface area contributed by atoms with E-state index in [4.69, 9.17) is 0 Å². The van der Waals surface area contributed by atoms with Crippen molar-refractivity contribution in [2.45, 2.75) is 19.5 Å². The van der Waals surface area contributed by atoms with Crippen molar-refractivity contribution in [3.8, 4) is 0 Å². The van der Waals surface area contributed by atoms with Gasteiger partial charge in [-0.05, 0) is 6.92 Å². The number of hydrogen-bond acceptors (Lipinski definition) is 4. The van der Waals surface area contributed by atoms with Crippen LogP contribution in [0, 0.1) is 0 Å². The molecule has 0 spiro atoms. The normalized spacial score (nSPS) is 24.0. The Hall–Kier alpha value is -0.940. The molecule has 0 bridgehead atoms. The minimum Gasteiger partial charge on any atom is -0.312 e. The predicted octanol–water partition coefficient (Wildman–Crippen LogP) is -0.391. The van der Waals surface area contributed by atoms with Crippen molar-refractivity contribution < 1.29 is 0 Å². The smallest absolute Gasteiger partial charge is 0.140 e. The van der Waals surface area contributed by atoms with Crippen LogP contribution in [0.25, 0.3) is 0 Å². The quantitative estimate of drug-likeness (QED) is 0.698. The molecule has 1 saturated heterocycles. The Morgan fingerprint density at radius 3 is 3.14 bits per heavy atom. The van der Waals surface area contributed by atoms with E-state index in [9.17, 15) is 0 Å². The van der Waals surface area contributed by atoms with Crippen molar-refractivity contribution in [3.05, 3.63) is 12.2 Å². The molecule has 5 nitrogen and oxygen atoms in total. The first-order chi connectivity index (χ1) is 6.75. The zero-order valence-corrected chi connectivity index (χ0v) is 8.77. The Bertz CT molecular complexity index is 295. The van der Waals surface area contributed by atoms with E-state index >= 15 is 0 Å². The molecule has 2 heterocycles. The summed E-state index contributed by atoms with van der Waals surface area (Å²) < 4.78 is 1.84. The molecule has 14 heavy (non-hydrogen) atoms. The minimum absolute atomic E-state index is 0.581. The Kier molecular flexibility index (Phi) is 2.79. The van der Waals surface area contributed by atoms with Crippen LogP contribution < -0.4 is 5.32 Å². The van der Waals surface area contributed by atoms with Gasteiger partial charge in [0.1, 0.15) is 12.2 Å². The molecular formula is C9H17N5. The second-order valence-corrected chi connectivity index (χ2v) is 3.89. The fourth-order valence-corrected chi connectivity index (χ4v) is 1.82. The van der Waals surface area contributed by atoms with Gasteiger partial charge < -0.3 is 5.32 Å². The highest BCUT2D eigenvalue weighted by atomic mass is 15.3. The number of aryl methyl sites for hydroxylation is 1. The Morgan fingerprint density at radius 2 is 2.50 bits per heavy atom. The van der Waals surface area contributed by atoms with E-state index in [0.29, 0.717) is 6.04 Å². The van der Waals surface area contributed by atoms with Crippen molar-refractivity contribution in [1.82, 2.24) is 25.0 Å². The molecule has 2 rings (SSSR count). The molecule has 1 aliphatic rings. The summed E-state index contributed by atoms with van der Waals surface area (Å²) in [6.07, 6.45) is 1.61. The molecule has 0 amide bonds. The summed E-state index contributed by atoms with van der Waals surface area (Å²) in [5.74, 6) is 1.04. The van der Waals surface area contributed by atoms with E-state index < -0.39 is 0 Å². The highest BCUT2D eigenvalue weighted by Gasteiger charge is 2.16. The van der Waals surface area contributed by atoms with Gasteiger partial charge in [0, 0.05) is 32.7 Å². The Morgan fingerprint density at radius 1 is 1.64 bits per heavy atom. The molecule has 1 aromatic rings. The van der Waals surface area contributed by atoms with Gasteiger partial charge in [0.25, 0.3) is 0 Å². The van der Waals surface area contributed by atoms with Gasteiger partial charge in [-0.1, -0.05) is 0 Å². The molecule has 0 aliphatic carbocycles. The largest absolute Gasteiger partial charge is 0.312 e. The van der Waals surface area contributed by atoms with E-state index in [2.05, 4.69) is 27.2 Å². The number of aromatic nitrogens is 3.